The van der Waals surface area contributed by atoms with Crippen LogP contribution in [0.5, 0.6) is 0 Å². The van der Waals surface area contributed by atoms with E-state index in [1.165, 1.54) is 11.3 Å². The van der Waals surface area contributed by atoms with Crippen LogP contribution in [0.3, 0.4) is 0 Å². The maximum Gasteiger partial charge on any atom is 0.0535 e. The van der Waals surface area contributed by atoms with Gasteiger partial charge in [-0.25, -0.2) is 0 Å². The lowest BCUT2D eigenvalue weighted by molar-refractivity contribution is 0.148. The fraction of sp³-hybridized carbons (Fsp3) is 0.727. The Labute approximate surface area is 91.1 Å². The molecular weight excluding hydrogens is 188 g/mol. The number of rotatable bonds is 2. The van der Waals surface area contributed by atoms with Gasteiger partial charge < -0.3 is 5.32 Å². The van der Waals surface area contributed by atoms with E-state index < -0.39 is 0 Å². The van der Waals surface area contributed by atoms with Crippen LogP contribution in [0.25, 0.3) is 0 Å². The van der Waals surface area contributed by atoms with Gasteiger partial charge in [-0.05, 0) is 20.8 Å². The molecule has 1 saturated heterocycles. The quantitative estimate of drug-likeness (QED) is 0.759. The number of H-pyrrole nitrogens is 1. The number of aryl methyl sites for hydroxylation is 1. The van der Waals surface area contributed by atoms with Gasteiger partial charge in [0.25, 0.3) is 0 Å². The predicted molar refractivity (Wildman–Crippen MR) is 60.7 cm³/mol. The molecule has 0 aromatic carbocycles. The van der Waals surface area contributed by atoms with Crippen LogP contribution in [0.4, 0.5) is 0 Å². The third-order valence-electron chi connectivity index (χ3n) is 2.98. The van der Waals surface area contributed by atoms with Crippen molar-refractivity contribution in [1.82, 2.24) is 20.4 Å². The highest BCUT2D eigenvalue weighted by Gasteiger charge is 2.25. The summed E-state index contributed by atoms with van der Waals surface area (Å²) in [7, 11) is 0. The summed E-state index contributed by atoms with van der Waals surface area (Å²) >= 11 is 0. The Kier molecular flexibility index (Phi) is 2.80. The topological polar surface area (TPSA) is 44.0 Å². The normalized spacial score (nSPS) is 21.8. The summed E-state index contributed by atoms with van der Waals surface area (Å²) < 4.78 is 0. The maximum atomic E-state index is 4.06. The monoisotopic (exact) mass is 208 g/mol. The zero-order chi connectivity index (χ0) is 10.9. The third kappa shape index (κ3) is 2.58. The minimum absolute atomic E-state index is 0.232. The van der Waals surface area contributed by atoms with Gasteiger partial charge in [0.15, 0.2) is 0 Å². The van der Waals surface area contributed by atoms with E-state index in [-0.39, 0.29) is 5.54 Å². The Morgan fingerprint density at radius 2 is 2.33 bits per heavy atom. The van der Waals surface area contributed by atoms with Crippen LogP contribution in [0.1, 0.15) is 25.1 Å². The Balaban J connectivity index is 1.98. The molecule has 1 aromatic heterocycles. The first kappa shape index (κ1) is 10.6. The summed E-state index contributed by atoms with van der Waals surface area (Å²) in [5.41, 5.74) is 2.73. The SMILES string of the molecule is Cc1[nH]ncc1CN1CCNC(C)(C)C1. The lowest BCUT2D eigenvalue weighted by Crippen LogP contribution is -2.56. The van der Waals surface area contributed by atoms with E-state index in [0.29, 0.717) is 0 Å². The predicted octanol–water partition coefficient (Wildman–Crippen LogP) is 0.902. The number of aromatic amines is 1. The third-order valence-corrected chi connectivity index (χ3v) is 2.98. The van der Waals surface area contributed by atoms with Gasteiger partial charge in [-0.15, -0.1) is 0 Å². The molecule has 0 amide bonds. The molecule has 0 radical (unpaired) electrons. The molecule has 0 bridgehead atoms. The van der Waals surface area contributed by atoms with Crippen molar-refractivity contribution < 1.29 is 0 Å². The first-order valence-corrected chi connectivity index (χ1v) is 5.53. The fourth-order valence-electron chi connectivity index (χ4n) is 2.16. The van der Waals surface area contributed by atoms with E-state index in [2.05, 4.69) is 41.2 Å². The summed E-state index contributed by atoms with van der Waals surface area (Å²) in [5.74, 6) is 0. The second-order valence-corrected chi connectivity index (χ2v) is 5.04. The van der Waals surface area contributed by atoms with Gasteiger partial charge in [-0.1, -0.05) is 0 Å². The molecule has 0 spiro atoms. The van der Waals surface area contributed by atoms with Gasteiger partial charge in [0.1, 0.15) is 0 Å². The number of nitrogens with zero attached hydrogens (tertiary/aromatic N) is 2. The van der Waals surface area contributed by atoms with Crippen molar-refractivity contribution in [2.75, 3.05) is 19.6 Å². The van der Waals surface area contributed by atoms with Gasteiger partial charge in [-0.3, -0.25) is 10.00 Å². The molecule has 2 heterocycles. The molecule has 1 aromatic rings. The van der Waals surface area contributed by atoms with Crippen LogP contribution >= 0.6 is 0 Å². The van der Waals surface area contributed by atoms with Crippen LogP contribution < -0.4 is 5.32 Å². The van der Waals surface area contributed by atoms with Crippen LogP contribution in [-0.4, -0.2) is 40.3 Å². The molecular formula is C11H20N4. The number of aromatic nitrogens is 2. The zero-order valence-electron chi connectivity index (χ0n) is 9.80. The van der Waals surface area contributed by atoms with E-state index in [1.54, 1.807) is 0 Å². The molecule has 0 unspecified atom stereocenters. The molecule has 0 saturated carbocycles. The molecule has 1 aliphatic rings. The lowest BCUT2D eigenvalue weighted by Gasteiger charge is -2.39. The molecule has 2 rings (SSSR count). The molecule has 0 atom stereocenters. The minimum Gasteiger partial charge on any atom is -0.309 e. The fourth-order valence-corrected chi connectivity index (χ4v) is 2.16. The van der Waals surface area contributed by atoms with Crippen molar-refractivity contribution in [2.45, 2.75) is 32.9 Å². The summed E-state index contributed by atoms with van der Waals surface area (Å²) in [6.07, 6.45) is 1.93. The maximum absolute atomic E-state index is 4.06. The van der Waals surface area contributed by atoms with Crippen molar-refractivity contribution in [3.63, 3.8) is 0 Å². The smallest absolute Gasteiger partial charge is 0.0535 e. The number of hydrogen-bond donors (Lipinski definition) is 2. The highest BCUT2D eigenvalue weighted by atomic mass is 15.2. The number of hydrogen-bond acceptors (Lipinski definition) is 3. The van der Waals surface area contributed by atoms with E-state index in [9.17, 15) is 0 Å². The minimum atomic E-state index is 0.232. The first-order valence-electron chi connectivity index (χ1n) is 5.53. The molecule has 0 aliphatic carbocycles. The lowest BCUT2D eigenvalue weighted by atomic mass is 10.0. The second-order valence-electron chi connectivity index (χ2n) is 5.04. The molecule has 84 valence electrons. The van der Waals surface area contributed by atoms with Gasteiger partial charge in [0.2, 0.25) is 0 Å². The summed E-state index contributed by atoms with van der Waals surface area (Å²) in [6, 6.07) is 0. The zero-order valence-corrected chi connectivity index (χ0v) is 9.80. The molecule has 15 heavy (non-hydrogen) atoms. The van der Waals surface area contributed by atoms with Crippen LogP contribution in [0.15, 0.2) is 6.20 Å². The van der Waals surface area contributed by atoms with Crippen molar-refractivity contribution in [3.05, 3.63) is 17.5 Å². The van der Waals surface area contributed by atoms with Crippen molar-refractivity contribution in [3.8, 4) is 0 Å². The molecule has 2 N–H and O–H groups in total. The average Bonchev–Trinajstić information content (AvgIpc) is 2.50. The van der Waals surface area contributed by atoms with Crippen molar-refractivity contribution >= 4 is 0 Å². The Hall–Kier alpha value is -0.870. The largest absolute Gasteiger partial charge is 0.309 e. The van der Waals surface area contributed by atoms with E-state index in [0.717, 1.165) is 26.2 Å². The summed E-state index contributed by atoms with van der Waals surface area (Å²) in [5, 5.41) is 10.6. The van der Waals surface area contributed by atoms with Crippen LogP contribution in [0, 0.1) is 6.92 Å². The molecule has 1 aliphatic heterocycles. The molecule has 1 fully saturated rings. The van der Waals surface area contributed by atoms with Gasteiger partial charge >= 0.3 is 0 Å². The van der Waals surface area contributed by atoms with Gasteiger partial charge in [0.05, 0.1) is 6.20 Å². The Morgan fingerprint density at radius 1 is 1.53 bits per heavy atom. The van der Waals surface area contributed by atoms with E-state index in [1.807, 2.05) is 6.20 Å². The number of nitrogens with one attached hydrogen (secondary N) is 2. The first-order chi connectivity index (χ1) is 7.07. The molecule has 4 nitrogen and oxygen atoms in total. The highest BCUT2D eigenvalue weighted by molar-refractivity contribution is 5.14. The van der Waals surface area contributed by atoms with Gasteiger partial charge in [0, 0.05) is 43.0 Å². The highest BCUT2D eigenvalue weighted by Crippen LogP contribution is 2.14. The second kappa shape index (κ2) is 3.94. The van der Waals surface area contributed by atoms with Gasteiger partial charge in [-0.2, -0.15) is 5.10 Å². The molecule has 4 heteroatoms. The van der Waals surface area contributed by atoms with E-state index >= 15 is 0 Å². The number of piperazine rings is 1. The standard InChI is InChI=1S/C11H20N4/c1-9-10(6-13-14-9)7-15-5-4-12-11(2,3)8-15/h6,12H,4-5,7-8H2,1-3H3,(H,13,14). The summed E-state index contributed by atoms with van der Waals surface area (Å²) in [6.45, 7) is 10.9. The van der Waals surface area contributed by atoms with Crippen molar-refractivity contribution in [2.24, 2.45) is 0 Å². The Bertz CT molecular complexity index is 329. The Morgan fingerprint density at radius 3 is 2.93 bits per heavy atom. The average molecular weight is 208 g/mol. The van der Waals surface area contributed by atoms with Crippen LogP contribution in [-0.2, 0) is 6.54 Å². The van der Waals surface area contributed by atoms with Crippen molar-refractivity contribution in [1.29, 1.82) is 0 Å². The summed E-state index contributed by atoms with van der Waals surface area (Å²) in [4.78, 5) is 2.48. The van der Waals surface area contributed by atoms with Crippen LogP contribution in [0.2, 0.25) is 0 Å². The van der Waals surface area contributed by atoms with E-state index in [4.69, 9.17) is 0 Å².